The van der Waals surface area contributed by atoms with Gasteiger partial charge in [-0.2, -0.15) is 0 Å². The minimum absolute atomic E-state index is 0.460. The summed E-state index contributed by atoms with van der Waals surface area (Å²) in [5.74, 6) is 0.876. The highest BCUT2D eigenvalue weighted by molar-refractivity contribution is 7.16. The summed E-state index contributed by atoms with van der Waals surface area (Å²) in [4.78, 5) is 11.4. The first kappa shape index (κ1) is 9.03. The van der Waals surface area contributed by atoms with Gasteiger partial charge in [-0.05, 0) is 17.9 Å². The molecular weight excluding hydrogens is 213 g/mol. The second kappa shape index (κ2) is 3.41. The smallest absolute Gasteiger partial charge is 0.140 e. The molecule has 0 aliphatic carbocycles. The molecule has 15 heavy (non-hydrogen) atoms. The van der Waals surface area contributed by atoms with Gasteiger partial charge in [-0.25, -0.2) is 14.4 Å². The topological polar surface area (TPSA) is 29.0 Å². The molecule has 1 fully saturated rings. The van der Waals surface area contributed by atoms with Gasteiger partial charge in [0.05, 0.1) is 11.9 Å². The van der Waals surface area contributed by atoms with Crippen molar-refractivity contribution in [2.75, 3.05) is 18.0 Å². The minimum Gasteiger partial charge on any atom is -0.353 e. The molecule has 0 amide bonds. The first-order valence-corrected chi connectivity index (χ1v) is 5.80. The lowest BCUT2D eigenvalue weighted by molar-refractivity contribution is 0.364. The van der Waals surface area contributed by atoms with Crippen LogP contribution < -0.4 is 4.90 Å². The molecule has 78 valence electrons. The molecule has 0 unspecified atom stereocenters. The lowest BCUT2D eigenvalue weighted by Gasteiger charge is -2.16. The summed E-state index contributed by atoms with van der Waals surface area (Å²) in [5.41, 5.74) is 0. The fourth-order valence-electron chi connectivity index (χ4n) is 1.94. The van der Waals surface area contributed by atoms with Gasteiger partial charge in [-0.15, -0.1) is 11.3 Å². The van der Waals surface area contributed by atoms with E-state index in [0.29, 0.717) is 13.0 Å². The summed E-state index contributed by atoms with van der Waals surface area (Å²) in [6.07, 6.45) is 1.45. The van der Waals surface area contributed by atoms with Gasteiger partial charge in [0.15, 0.2) is 0 Å². The zero-order chi connectivity index (χ0) is 10.3. The molecule has 0 N–H and O–H groups in total. The number of rotatable bonds is 1. The molecule has 1 aliphatic heterocycles. The van der Waals surface area contributed by atoms with Crippen LogP contribution in [-0.4, -0.2) is 29.2 Å². The van der Waals surface area contributed by atoms with Crippen molar-refractivity contribution >= 4 is 27.4 Å². The first-order valence-electron chi connectivity index (χ1n) is 4.92. The van der Waals surface area contributed by atoms with Gasteiger partial charge in [0.2, 0.25) is 0 Å². The van der Waals surface area contributed by atoms with Gasteiger partial charge in [-0.1, -0.05) is 0 Å². The molecule has 1 aliphatic rings. The molecule has 5 heteroatoms. The van der Waals surface area contributed by atoms with E-state index in [1.807, 2.05) is 16.3 Å². The summed E-state index contributed by atoms with van der Waals surface area (Å²) >= 11 is 1.59. The number of nitrogens with zero attached hydrogens (tertiary/aromatic N) is 3. The highest BCUT2D eigenvalue weighted by Crippen LogP contribution is 2.29. The van der Waals surface area contributed by atoms with Crippen molar-refractivity contribution in [1.82, 2.24) is 9.97 Å². The van der Waals surface area contributed by atoms with E-state index in [-0.39, 0.29) is 0 Å². The van der Waals surface area contributed by atoms with E-state index >= 15 is 0 Å². The van der Waals surface area contributed by atoms with Gasteiger partial charge in [0, 0.05) is 6.54 Å². The van der Waals surface area contributed by atoms with Crippen molar-refractivity contribution in [2.45, 2.75) is 12.6 Å². The molecule has 0 aromatic carbocycles. The first-order chi connectivity index (χ1) is 7.34. The summed E-state index contributed by atoms with van der Waals surface area (Å²) in [5, 5.41) is 3.03. The number of fused-ring (bicyclic) bond motifs is 1. The van der Waals surface area contributed by atoms with E-state index < -0.39 is 6.17 Å². The SMILES string of the molecule is F[C@H]1CCN(c2ncnc3sccc23)C1. The Kier molecular flexibility index (Phi) is 2.05. The number of alkyl halides is 1. The molecule has 1 atom stereocenters. The predicted octanol–water partition coefficient (Wildman–Crippen LogP) is 2.24. The van der Waals surface area contributed by atoms with Crippen LogP contribution in [0.4, 0.5) is 10.2 Å². The number of thiophene rings is 1. The second-order valence-electron chi connectivity index (χ2n) is 3.67. The van der Waals surface area contributed by atoms with E-state index in [1.54, 1.807) is 17.7 Å². The average Bonchev–Trinajstić information content (AvgIpc) is 2.84. The molecule has 1 saturated heterocycles. The van der Waals surface area contributed by atoms with Crippen LogP contribution in [-0.2, 0) is 0 Å². The van der Waals surface area contributed by atoms with Crippen molar-refractivity contribution in [3.05, 3.63) is 17.8 Å². The van der Waals surface area contributed by atoms with E-state index in [4.69, 9.17) is 0 Å². The van der Waals surface area contributed by atoms with Crippen LogP contribution in [0.2, 0.25) is 0 Å². The van der Waals surface area contributed by atoms with Crippen molar-refractivity contribution in [1.29, 1.82) is 0 Å². The third-order valence-electron chi connectivity index (χ3n) is 2.67. The Morgan fingerprint density at radius 1 is 1.47 bits per heavy atom. The van der Waals surface area contributed by atoms with Crippen LogP contribution in [0.3, 0.4) is 0 Å². The normalized spacial score (nSPS) is 21.4. The standard InChI is InChI=1S/C10H10FN3S/c11-7-1-3-14(5-7)9-8-2-4-15-10(8)13-6-12-9/h2,4,6-7H,1,3,5H2/t7-/m0/s1. The molecule has 0 radical (unpaired) electrons. The Morgan fingerprint density at radius 3 is 3.20 bits per heavy atom. The van der Waals surface area contributed by atoms with Crippen LogP contribution >= 0.6 is 11.3 Å². The second-order valence-corrected chi connectivity index (χ2v) is 4.56. The van der Waals surface area contributed by atoms with E-state index in [1.165, 1.54) is 0 Å². The zero-order valence-electron chi connectivity index (χ0n) is 8.06. The molecule has 3 rings (SSSR count). The van der Waals surface area contributed by atoms with Crippen molar-refractivity contribution in [2.24, 2.45) is 0 Å². The third kappa shape index (κ3) is 1.47. The van der Waals surface area contributed by atoms with Crippen LogP contribution in [0, 0.1) is 0 Å². The molecular formula is C10H10FN3S. The maximum Gasteiger partial charge on any atom is 0.140 e. The van der Waals surface area contributed by atoms with Crippen LogP contribution in [0.5, 0.6) is 0 Å². The van der Waals surface area contributed by atoms with Gasteiger partial charge in [0.25, 0.3) is 0 Å². The lowest BCUT2D eigenvalue weighted by atomic mass is 10.3. The lowest BCUT2D eigenvalue weighted by Crippen LogP contribution is -2.21. The summed E-state index contributed by atoms with van der Waals surface area (Å²) in [7, 11) is 0. The van der Waals surface area contributed by atoms with Crippen molar-refractivity contribution in [3.63, 3.8) is 0 Å². The van der Waals surface area contributed by atoms with Gasteiger partial charge in [0.1, 0.15) is 23.1 Å². The molecule has 3 nitrogen and oxygen atoms in total. The Bertz CT molecular complexity index is 484. The Morgan fingerprint density at radius 2 is 2.40 bits per heavy atom. The van der Waals surface area contributed by atoms with Crippen LogP contribution in [0.1, 0.15) is 6.42 Å². The predicted molar refractivity (Wildman–Crippen MR) is 59.1 cm³/mol. The van der Waals surface area contributed by atoms with Gasteiger partial charge in [-0.3, -0.25) is 0 Å². The summed E-state index contributed by atoms with van der Waals surface area (Å²) in [6.45, 7) is 1.21. The molecule has 3 heterocycles. The minimum atomic E-state index is -0.714. The number of aromatic nitrogens is 2. The number of hydrogen-bond acceptors (Lipinski definition) is 4. The third-order valence-corrected chi connectivity index (χ3v) is 3.49. The average molecular weight is 223 g/mol. The van der Waals surface area contributed by atoms with Crippen LogP contribution in [0.25, 0.3) is 10.2 Å². The molecule has 2 aromatic rings. The molecule has 0 bridgehead atoms. The van der Waals surface area contributed by atoms with Gasteiger partial charge >= 0.3 is 0 Å². The largest absolute Gasteiger partial charge is 0.353 e. The molecule has 0 saturated carbocycles. The number of halogens is 1. The Labute approximate surface area is 90.6 Å². The molecule has 0 spiro atoms. The fourth-order valence-corrected chi connectivity index (χ4v) is 2.67. The zero-order valence-corrected chi connectivity index (χ0v) is 8.88. The van der Waals surface area contributed by atoms with Crippen molar-refractivity contribution in [3.8, 4) is 0 Å². The van der Waals surface area contributed by atoms with E-state index in [9.17, 15) is 4.39 Å². The highest BCUT2D eigenvalue weighted by Gasteiger charge is 2.24. The number of hydrogen-bond donors (Lipinski definition) is 0. The summed E-state index contributed by atoms with van der Waals surface area (Å²) < 4.78 is 13.1. The maximum atomic E-state index is 13.1. The molecule has 2 aromatic heterocycles. The number of anilines is 1. The van der Waals surface area contributed by atoms with E-state index in [0.717, 1.165) is 22.6 Å². The quantitative estimate of drug-likeness (QED) is 0.742. The van der Waals surface area contributed by atoms with Crippen molar-refractivity contribution < 1.29 is 4.39 Å². The Balaban J connectivity index is 2.06. The maximum absolute atomic E-state index is 13.1. The Hall–Kier alpha value is -1.23. The highest BCUT2D eigenvalue weighted by atomic mass is 32.1. The van der Waals surface area contributed by atoms with Crippen LogP contribution in [0.15, 0.2) is 17.8 Å². The fraction of sp³-hybridized carbons (Fsp3) is 0.400. The van der Waals surface area contributed by atoms with Gasteiger partial charge < -0.3 is 4.90 Å². The summed E-state index contributed by atoms with van der Waals surface area (Å²) in [6, 6.07) is 2.00. The monoisotopic (exact) mass is 223 g/mol. The van der Waals surface area contributed by atoms with E-state index in [2.05, 4.69) is 9.97 Å².